The van der Waals surface area contributed by atoms with Crippen molar-refractivity contribution in [2.75, 3.05) is 0 Å². The van der Waals surface area contributed by atoms with E-state index in [9.17, 15) is 4.79 Å². The Bertz CT molecular complexity index is 1220. The minimum Gasteiger partial charge on any atom is -0.289 e. The molecule has 1 aromatic heterocycles. The van der Waals surface area contributed by atoms with Crippen LogP contribution in [0.3, 0.4) is 0 Å². The molecule has 0 aliphatic carbocycles. The van der Waals surface area contributed by atoms with Gasteiger partial charge in [-0.05, 0) is 60.9 Å². The molecule has 3 aromatic carbocycles. The van der Waals surface area contributed by atoms with Gasteiger partial charge in [-0.3, -0.25) is 4.79 Å². The number of halogens is 1. The van der Waals surface area contributed by atoms with E-state index in [1.54, 1.807) is 24.3 Å². The zero-order valence-corrected chi connectivity index (χ0v) is 17.2. The van der Waals surface area contributed by atoms with E-state index in [1.807, 2.05) is 37.3 Å². The molecule has 4 nitrogen and oxygen atoms in total. The molecule has 0 spiro atoms. The summed E-state index contributed by atoms with van der Waals surface area (Å²) in [5, 5.41) is 9.30. The van der Waals surface area contributed by atoms with Gasteiger partial charge in [-0.25, -0.2) is 4.98 Å². The first-order valence-electron chi connectivity index (χ1n) is 9.48. The Morgan fingerprint density at radius 2 is 1.66 bits per heavy atom. The third kappa shape index (κ3) is 3.89. The number of fused-ring (bicyclic) bond motifs is 1. The fourth-order valence-electron chi connectivity index (χ4n) is 3.22. The number of benzene rings is 3. The van der Waals surface area contributed by atoms with Crippen LogP contribution in [-0.4, -0.2) is 21.0 Å². The zero-order valence-electron chi connectivity index (χ0n) is 16.5. The summed E-state index contributed by atoms with van der Waals surface area (Å²) < 4.78 is 0. The standard InChI is InChI=1S/C24H20ClN3O/c1-14(2)17-7-11-21-22(13-17)27-28-24(26-21)20-12-15(3)4-10-19(20)23(29)16-5-8-18(25)9-6-16/h4-14H,1-3H3. The number of hydrogen-bond donors (Lipinski definition) is 0. The van der Waals surface area contributed by atoms with Gasteiger partial charge in [0.1, 0.15) is 5.52 Å². The highest BCUT2D eigenvalue weighted by atomic mass is 35.5. The molecule has 29 heavy (non-hydrogen) atoms. The van der Waals surface area contributed by atoms with Crippen molar-refractivity contribution in [3.8, 4) is 11.4 Å². The first-order chi connectivity index (χ1) is 13.9. The van der Waals surface area contributed by atoms with E-state index in [1.165, 1.54) is 5.56 Å². The first-order valence-corrected chi connectivity index (χ1v) is 9.86. The van der Waals surface area contributed by atoms with Crippen molar-refractivity contribution in [2.45, 2.75) is 26.7 Å². The molecule has 0 aliphatic rings. The highest BCUT2D eigenvalue weighted by molar-refractivity contribution is 6.30. The number of hydrogen-bond acceptors (Lipinski definition) is 4. The summed E-state index contributed by atoms with van der Waals surface area (Å²) in [7, 11) is 0. The van der Waals surface area contributed by atoms with Gasteiger partial charge in [-0.2, -0.15) is 0 Å². The number of aromatic nitrogens is 3. The molecule has 0 radical (unpaired) electrons. The van der Waals surface area contributed by atoms with Gasteiger partial charge in [0.15, 0.2) is 11.6 Å². The highest BCUT2D eigenvalue weighted by Gasteiger charge is 2.18. The number of ketones is 1. The van der Waals surface area contributed by atoms with Crippen molar-refractivity contribution in [1.82, 2.24) is 15.2 Å². The molecule has 0 N–H and O–H groups in total. The molecule has 0 amide bonds. The van der Waals surface area contributed by atoms with Crippen LogP contribution in [0, 0.1) is 6.92 Å². The van der Waals surface area contributed by atoms with Crippen LogP contribution < -0.4 is 0 Å². The van der Waals surface area contributed by atoms with E-state index in [-0.39, 0.29) is 5.78 Å². The van der Waals surface area contributed by atoms with Crippen molar-refractivity contribution >= 4 is 28.4 Å². The van der Waals surface area contributed by atoms with Crippen molar-refractivity contribution in [2.24, 2.45) is 0 Å². The van der Waals surface area contributed by atoms with Crippen LogP contribution in [0.2, 0.25) is 5.02 Å². The van der Waals surface area contributed by atoms with Gasteiger partial charge in [0, 0.05) is 21.7 Å². The van der Waals surface area contributed by atoms with E-state index in [0.717, 1.165) is 16.6 Å². The van der Waals surface area contributed by atoms with Crippen LogP contribution in [0.4, 0.5) is 0 Å². The monoisotopic (exact) mass is 401 g/mol. The molecule has 4 aromatic rings. The van der Waals surface area contributed by atoms with Crippen LogP contribution in [0.25, 0.3) is 22.4 Å². The van der Waals surface area contributed by atoms with Crippen molar-refractivity contribution in [3.05, 3.63) is 87.9 Å². The lowest BCUT2D eigenvalue weighted by Crippen LogP contribution is -2.06. The van der Waals surface area contributed by atoms with Crippen LogP contribution >= 0.6 is 11.6 Å². The van der Waals surface area contributed by atoms with E-state index in [4.69, 9.17) is 16.6 Å². The summed E-state index contributed by atoms with van der Waals surface area (Å²) in [6, 6.07) is 18.6. The van der Waals surface area contributed by atoms with E-state index in [0.29, 0.717) is 33.5 Å². The largest absolute Gasteiger partial charge is 0.289 e. The lowest BCUT2D eigenvalue weighted by atomic mass is 9.96. The summed E-state index contributed by atoms with van der Waals surface area (Å²) in [6.45, 7) is 6.25. The number of rotatable bonds is 4. The Balaban J connectivity index is 1.82. The highest BCUT2D eigenvalue weighted by Crippen LogP contribution is 2.26. The third-order valence-electron chi connectivity index (χ3n) is 4.91. The van der Waals surface area contributed by atoms with Gasteiger partial charge in [0.25, 0.3) is 0 Å². The third-order valence-corrected chi connectivity index (χ3v) is 5.16. The Morgan fingerprint density at radius 1 is 0.897 bits per heavy atom. The molecular formula is C24H20ClN3O. The second-order valence-electron chi connectivity index (χ2n) is 7.42. The van der Waals surface area contributed by atoms with Crippen molar-refractivity contribution < 1.29 is 4.79 Å². The van der Waals surface area contributed by atoms with E-state index in [2.05, 4.69) is 30.1 Å². The number of carbonyl (C=O) groups excluding carboxylic acids is 1. The van der Waals surface area contributed by atoms with Gasteiger partial charge in [0.05, 0.1) is 5.52 Å². The van der Waals surface area contributed by atoms with Crippen LogP contribution in [0.1, 0.15) is 46.8 Å². The molecule has 5 heteroatoms. The minimum absolute atomic E-state index is 0.101. The Kier molecular flexibility index (Phi) is 5.12. The average molecular weight is 402 g/mol. The van der Waals surface area contributed by atoms with Gasteiger partial charge in [-0.15, -0.1) is 10.2 Å². The van der Waals surface area contributed by atoms with Crippen LogP contribution in [-0.2, 0) is 0 Å². The number of nitrogens with zero attached hydrogens (tertiary/aromatic N) is 3. The molecule has 144 valence electrons. The molecule has 0 fully saturated rings. The quantitative estimate of drug-likeness (QED) is 0.393. The van der Waals surface area contributed by atoms with Crippen LogP contribution in [0.15, 0.2) is 60.7 Å². The molecule has 0 atom stereocenters. The normalized spacial score (nSPS) is 11.2. The molecular weight excluding hydrogens is 382 g/mol. The maximum absolute atomic E-state index is 13.1. The summed E-state index contributed by atoms with van der Waals surface area (Å²) >= 11 is 5.96. The fourth-order valence-corrected chi connectivity index (χ4v) is 3.35. The molecule has 0 bridgehead atoms. The summed E-state index contributed by atoms with van der Waals surface area (Å²) in [5.74, 6) is 0.743. The Hall–Kier alpha value is -3.11. The average Bonchev–Trinajstić information content (AvgIpc) is 2.73. The Labute approximate surface area is 174 Å². The molecule has 0 saturated heterocycles. The maximum atomic E-state index is 13.1. The van der Waals surface area contributed by atoms with Gasteiger partial charge in [-0.1, -0.05) is 49.2 Å². The predicted molar refractivity (Wildman–Crippen MR) is 116 cm³/mol. The first kappa shape index (κ1) is 19.2. The SMILES string of the molecule is Cc1ccc(C(=O)c2ccc(Cl)cc2)c(-c2nnc3cc(C(C)C)ccc3n2)c1. The summed E-state index contributed by atoms with van der Waals surface area (Å²) in [6.07, 6.45) is 0. The van der Waals surface area contributed by atoms with E-state index >= 15 is 0 Å². The summed E-state index contributed by atoms with van der Waals surface area (Å²) in [5.41, 5.74) is 5.49. The molecule has 0 unspecified atom stereocenters. The lowest BCUT2D eigenvalue weighted by molar-refractivity contribution is 0.103. The van der Waals surface area contributed by atoms with Crippen molar-refractivity contribution in [1.29, 1.82) is 0 Å². The predicted octanol–water partition coefficient (Wildman–Crippen LogP) is 6.01. The molecule has 0 saturated carbocycles. The van der Waals surface area contributed by atoms with Gasteiger partial charge < -0.3 is 0 Å². The lowest BCUT2D eigenvalue weighted by Gasteiger charge is -2.10. The fraction of sp³-hybridized carbons (Fsp3) is 0.167. The smallest absolute Gasteiger partial charge is 0.193 e. The summed E-state index contributed by atoms with van der Waals surface area (Å²) in [4.78, 5) is 17.8. The van der Waals surface area contributed by atoms with Crippen molar-refractivity contribution in [3.63, 3.8) is 0 Å². The molecule has 4 rings (SSSR count). The topological polar surface area (TPSA) is 55.7 Å². The zero-order chi connectivity index (χ0) is 20.5. The van der Waals surface area contributed by atoms with Gasteiger partial charge >= 0.3 is 0 Å². The minimum atomic E-state index is -0.101. The maximum Gasteiger partial charge on any atom is 0.193 e. The molecule has 1 heterocycles. The van der Waals surface area contributed by atoms with Gasteiger partial charge in [0.2, 0.25) is 0 Å². The Morgan fingerprint density at radius 3 is 2.38 bits per heavy atom. The second-order valence-corrected chi connectivity index (χ2v) is 7.86. The molecule has 0 aliphatic heterocycles. The van der Waals surface area contributed by atoms with E-state index < -0.39 is 0 Å². The number of aryl methyl sites for hydroxylation is 1. The second kappa shape index (κ2) is 7.72. The number of carbonyl (C=O) groups is 1. The van der Waals surface area contributed by atoms with Crippen LogP contribution in [0.5, 0.6) is 0 Å².